The van der Waals surface area contributed by atoms with Gasteiger partial charge in [-0.1, -0.05) is 175 Å². The molecule has 4 rings (SSSR count). The number of rotatable bonds is 0. The molecule has 0 aromatic heterocycles. The maximum atomic E-state index is 2.38. The first kappa shape index (κ1) is 30.0. The highest BCUT2D eigenvalue weighted by Gasteiger charge is 2.25. The van der Waals surface area contributed by atoms with Crippen LogP contribution < -0.4 is 0 Å². The molecule has 0 aromatic carbocycles. The molecule has 192 valence electrons. The van der Waals surface area contributed by atoms with Crippen molar-refractivity contribution in [3.05, 3.63) is 0 Å². The Hall–Kier alpha value is 0. The highest BCUT2D eigenvalue weighted by atomic mass is 14.3. The predicted octanol–water partition coefficient (Wildman–Crippen LogP) is 12.1. The van der Waals surface area contributed by atoms with E-state index in [1.54, 1.807) is 0 Å². The summed E-state index contributed by atoms with van der Waals surface area (Å²) in [4.78, 5) is 0. The molecule has 4 fully saturated rings. The zero-order valence-electron chi connectivity index (χ0n) is 23.3. The summed E-state index contributed by atoms with van der Waals surface area (Å²) in [6.07, 6.45) is 37.3. The van der Waals surface area contributed by atoms with Crippen molar-refractivity contribution >= 4 is 0 Å². The molecule has 0 heteroatoms. The third-order valence-corrected chi connectivity index (χ3v) is 8.47. The topological polar surface area (TPSA) is 0 Å². The lowest BCUT2D eigenvalue weighted by Crippen LogP contribution is -2.22. The van der Waals surface area contributed by atoms with Crippen molar-refractivity contribution < 1.29 is 0 Å². The summed E-state index contributed by atoms with van der Waals surface area (Å²) in [6.45, 7) is 9.49. The molecule has 0 aromatic rings. The summed E-state index contributed by atoms with van der Waals surface area (Å²) in [6, 6.07) is 0. The van der Waals surface area contributed by atoms with E-state index in [4.69, 9.17) is 0 Å². The van der Waals surface area contributed by atoms with Gasteiger partial charge in [-0.05, 0) is 30.1 Å². The molecule has 4 aliphatic carbocycles. The van der Waals surface area contributed by atoms with E-state index < -0.39 is 0 Å². The highest BCUT2D eigenvalue weighted by Crippen LogP contribution is 2.37. The lowest BCUT2D eigenvalue weighted by Gasteiger charge is -2.33. The van der Waals surface area contributed by atoms with E-state index in [0.717, 1.165) is 11.8 Å². The molecule has 0 amide bonds. The van der Waals surface area contributed by atoms with Crippen LogP contribution in [-0.4, -0.2) is 0 Å². The van der Waals surface area contributed by atoms with E-state index in [1.165, 1.54) is 161 Å². The van der Waals surface area contributed by atoms with E-state index >= 15 is 0 Å². The normalized spacial score (nSPS) is 24.0. The molecule has 0 heterocycles. The van der Waals surface area contributed by atoms with Crippen molar-refractivity contribution in [2.24, 2.45) is 17.3 Å². The van der Waals surface area contributed by atoms with E-state index in [-0.39, 0.29) is 0 Å². The zero-order chi connectivity index (χ0) is 23.3. The van der Waals surface area contributed by atoms with Crippen LogP contribution in [0.5, 0.6) is 0 Å². The van der Waals surface area contributed by atoms with Crippen molar-refractivity contribution in [1.82, 2.24) is 0 Å². The molecule has 0 N–H and O–H groups in total. The largest absolute Gasteiger partial charge is 0.0625 e. The van der Waals surface area contributed by atoms with Crippen LogP contribution in [0.3, 0.4) is 0 Å². The summed E-state index contributed by atoms with van der Waals surface area (Å²) < 4.78 is 0. The quantitative estimate of drug-likeness (QED) is 0.323. The third-order valence-electron chi connectivity index (χ3n) is 8.47. The van der Waals surface area contributed by atoms with Crippen LogP contribution in [0.4, 0.5) is 0 Å². The van der Waals surface area contributed by atoms with Crippen molar-refractivity contribution in [1.29, 1.82) is 0 Å². The fourth-order valence-corrected chi connectivity index (χ4v) is 5.93. The molecule has 0 spiro atoms. The fourth-order valence-electron chi connectivity index (χ4n) is 5.93. The van der Waals surface area contributed by atoms with Gasteiger partial charge >= 0.3 is 0 Å². The first-order valence-electron chi connectivity index (χ1n) is 15.5. The van der Waals surface area contributed by atoms with Gasteiger partial charge in [-0.25, -0.2) is 0 Å². The number of hydrogen-bond acceptors (Lipinski definition) is 0. The molecular formula is C32H64. The average molecular weight is 449 g/mol. The van der Waals surface area contributed by atoms with Gasteiger partial charge in [0.2, 0.25) is 0 Å². The Balaban J connectivity index is 0.000000216. The van der Waals surface area contributed by atoms with Gasteiger partial charge in [0, 0.05) is 0 Å². The predicted molar refractivity (Wildman–Crippen MR) is 148 cm³/mol. The fraction of sp³-hybridized carbons (Fsp3) is 1.00. The standard InChI is InChI=1S/C10H20.C8H16.2C7H14/c1-10(2,3)9-7-5-4-6-8-9;1-2-4-6-8-7-5-3-1;1-7-5-3-2-4-6-7;1-2-4-6-7-5-3-1/h9H,4-8H2,1-3H3;1-8H2;7H,2-6H2,1H3;1-7H2. The first-order chi connectivity index (χ1) is 15.5. The summed E-state index contributed by atoms with van der Waals surface area (Å²) in [7, 11) is 0. The maximum Gasteiger partial charge on any atom is -0.0354 e. The second-order valence-corrected chi connectivity index (χ2v) is 12.7. The smallest absolute Gasteiger partial charge is 0.0354 e. The minimum Gasteiger partial charge on any atom is -0.0625 e. The van der Waals surface area contributed by atoms with Gasteiger partial charge in [-0.3, -0.25) is 0 Å². The van der Waals surface area contributed by atoms with Crippen molar-refractivity contribution in [3.63, 3.8) is 0 Å². The monoisotopic (exact) mass is 449 g/mol. The van der Waals surface area contributed by atoms with Crippen LogP contribution in [0.25, 0.3) is 0 Å². The van der Waals surface area contributed by atoms with Crippen molar-refractivity contribution in [3.8, 4) is 0 Å². The molecule has 0 bridgehead atoms. The highest BCUT2D eigenvalue weighted by molar-refractivity contribution is 4.76. The van der Waals surface area contributed by atoms with Gasteiger partial charge in [0.1, 0.15) is 0 Å². The SMILES string of the molecule is C1CCCCCC1.C1CCCCCCC1.CC(C)(C)C1CCCCC1.CC1CCCCC1. The Bertz CT molecular complexity index is 320. The minimum atomic E-state index is 0.570. The second-order valence-electron chi connectivity index (χ2n) is 12.7. The molecule has 0 atom stereocenters. The van der Waals surface area contributed by atoms with Gasteiger partial charge in [0.05, 0.1) is 0 Å². The van der Waals surface area contributed by atoms with Crippen molar-refractivity contribution in [2.45, 2.75) is 188 Å². The lowest BCUT2D eigenvalue weighted by atomic mass is 9.72. The third kappa shape index (κ3) is 18.4. The Morgan fingerprint density at radius 1 is 0.344 bits per heavy atom. The Labute approximate surface area is 205 Å². The van der Waals surface area contributed by atoms with Gasteiger partial charge in [-0.15, -0.1) is 0 Å². The molecule has 4 saturated carbocycles. The molecule has 0 radical (unpaired) electrons. The van der Waals surface area contributed by atoms with E-state index in [0.29, 0.717) is 5.41 Å². The summed E-state index contributed by atoms with van der Waals surface area (Å²) in [5, 5.41) is 0. The average Bonchev–Trinajstić information content (AvgIpc) is 3.09. The summed E-state index contributed by atoms with van der Waals surface area (Å²) in [5.41, 5.74) is 0.570. The molecule has 0 unspecified atom stereocenters. The van der Waals surface area contributed by atoms with Crippen LogP contribution >= 0.6 is 0 Å². The Morgan fingerprint density at radius 2 is 0.562 bits per heavy atom. The molecule has 4 aliphatic rings. The molecular weight excluding hydrogens is 384 g/mol. The van der Waals surface area contributed by atoms with Crippen LogP contribution in [-0.2, 0) is 0 Å². The summed E-state index contributed by atoms with van der Waals surface area (Å²) >= 11 is 0. The van der Waals surface area contributed by atoms with Crippen LogP contribution in [0.1, 0.15) is 188 Å². The molecule has 32 heavy (non-hydrogen) atoms. The van der Waals surface area contributed by atoms with Crippen molar-refractivity contribution in [2.75, 3.05) is 0 Å². The van der Waals surface area contributed by atoms with Gasteiger partial charge < -0.3 is 0 Å². The van der Waals surface area contributed by atoms with E-state index in [1.807, 2.05) is 0 Å². The molecule has 0 saturated heterocycles. The number of hydrogen-bond donors (Lipinski definition) is 0. The minimum absolute atomic E-state index is 0.570. The van der Waals surface area contributed by atoms with E-state index in [9.17, 15) is 0 Å². The zero-order valence-corrected chi connectivity index (χ0v) is 23.3. The first-order valence-corrected chi connectivity index (χ1v) is 15.5. The molecule has 0 aliphatic heterocycles. The van der Waals surface area contributed by atoms with Gasteiger partial charge in [0.25, 0.3) is 0 Å². The maximum absolute atomic E-state index is 2.38. The van der Waals surface area contributed by atoms with Gasteiger partial charge in [0.15, 0.2) is 0 Å². The van der Waals surface area contributed by atoms with E-state index in [2.05, 4.69) is 27.7 Å². The second kappa shape index (κ2) is 20.4. The van der Waals surface area contributed by atoms with Crippen LogP contribution in [0.2, 0.25) is 0 Å². The van der Waals surface area contributed by atoms with Gasteiger partial charge in [-0.2, -0.15) is 0 Å². The van der Waals surface area contributed by atoms with Crippen LogP contribution in [0.15, 0.2) is 0 Å². The summed E-state index contributed by atoms with van der Waals surface area (Å²) in [5.74, 6) is 2.04. The Kier molecular flexibility index (Phi) is 19.1. The Morgan fingerprint density at radius 3 is 0.719 bits per heavy atom. The lowest BCUT2D eigenvalue weighted by molar-refractivity contribution is 0.180. The molecule has 0 nitrogen and oxygen atoms in total. The van der Waals surface area contributed by atoms with Crippen LogP contribution in [0, 0.1) is 17.3 Å².